The number of halogens is 3. The Labute approximate surface area is 193 Å². The van der Waals surface area contributed by atoms with Gasteiger partial charge in [-0.15, -0.1) is 0 Å². The second-order valence-electron chi connectivity index (χ2n) is 8.61. The van der Waals surface area contributed by atoms with Crippen molar-refractivity contribution in [3.8, 4) is 6.07 Å². The van der Waals surface area contributed by atoms with E-state index in [0.717, 1.165) is 49.9 Å². The second kappa shape index (κ2) is 10.2. The number of piperidine rings is 1. The van der Waals surface area contributed by atoms with Crippen LogP contribution in [0.25, 0.3) is 17.7 Å². The van der Waals surface area contributed by atoms with Gasteiger partial charge in [0.1, 0.15) is 6.07 Å². The van der Waals surface area contributed by atoms with Crippen LogP contribution in [0.4, 0.5) is 13.2 Å². The molecule has 1 fully saturated rings. The maximum absolute atomic E-state index is 13.9. The normalized spacial score (nSPS) is 17.2. The molecule has 2 aromatic carbocycles. The van der Waals surface area contributed by atoms with Gasteiger partial charge in [-0.2, -0.15) is 18.4 Å². The summed E-state index contributed by atoms with van der Waals surface area (Å²) in [5.74, 6) is 0. The molecule has 0 saturated carbocycles. The van der Waals surface area contributed by atoms with E-state index in [1.807, 2.05) is 18.2 Å². The number of hydrogen-bond donors (Lipinski definition) is 0. The van der Waals surface area contributed by atoms with E-state index in [0.29, 0.717) is 23.2 Å². The van der Waals surface area contributed by atoms with Gasteiger partial charge in [0.2, 0.25) is 0 Å². The molecule has 1 aliphatic heterocycles. The summed E-state index contributed by atoms with van der Waals surface area (Å²) >= 11 is 0. The summed E-state index contributed by atoms with van der Waals surface area (Å²) in [5, 5.41) is 9.78. The van der Waals surface area contributed by atoms with Gasteiger partial charge in [0.25, 0.3) is 0 Å². The Morgan fingerprint density at radius 2 is 1.76 bits per heavy atom. The zero-order valence-electron chi connectivity index (χ0n) is 18.5. The van der Waals surface area contributed by atoms with E-state index in [1.165, 1.54) is 18.6 Å². The van der Waals surface area contributed by atoms with Crippen LogP contribution in [0.3, 0.4) is 0 Å². The smallest absolute Gasteiger partial charge is 0.299 e. The maximum Gasteiger partial charge on any atom is 0.416 e. The van der Waals surface area contributed by atoms with Crippen LogP contribution in [-0.4, -0.2) is 18.0 Å². The topological polar surface area (TPSA) is 27.0 Å². The molecule has 2 aliphatic rings. The summed E-state index contributed by atoms with van der Waals surface area (Å²) in [6.07, 6.45) is 10.1. The Balaban J connectivity index is 1.64. The minimum Gasteiger partial charge on any atom is -0.299 e. The standard InChI is InChI=1S/C28H27F3N2/c29-28(30,31)27-18-21(20-33-16-5-2-6-17-33)12-13-24(27)15-14-23-10-7-11-25(26(23)19-32)22-8-3-1-4-9-22/h3,7-15,18H,1-2,4-6,16-17,20H2/b15-14+. The van der Waals surface area contributed by atoms with E-state index in [2.05, 4.69) is 23.1 Å². The Morgan fingerprint density at radius 1 is 0.970 bits per heavy atom. The van der Waals surface area contributed by atoms with Gasteiger partial charge in [-0.05, 0) is 72.7 Å². The fourth-order valence-electron chi connectivity index (χ4n) is 4.54. The Kier molecular flexibility index (Phi) is 7.15. The molecule has 1 saturated heterocycles. The lowest BCUT2D eigenvalue weighted by Crippen LogP contribution is -2.29. The monoisotopic (exact) mass is 448 g/mol. The van der Waals surface area contributed by atoms with Crippen LogP contribution in [0.5, 0.6) is 0 Å². The maximum atomic E-state index is 13.9. The van der Waals surface area contributed by atoms with Crippen molar-refractivity contribution in [2.24, 2.45) is 0 Å². The third-order valence-corrected chi connectivity index (χ3v) is 6.23. The van der Waals surface area contributed by atoms with Crippen molar-refractivity contribution < 1.29 is 13.2 Å². The van der Waals surface area contributed by atoms with Gasteiger partial charge in [-0.1, -0.05) is 67.1 Å². The van der Waals surface area contributed by atoms with E-state index < -0.39 is 11.7 Å². The third kappa shape index (κ3) is 5.64. The highest BCUT2D eigenvalue weighted by Crippen LogP contribution is 2.34. The molecule has 4 rings (SSSR count). The predicted octanol–water partition coefficient (Wildman–Crippen LogP) is 7.47. The van der Waals surface area contributed by atoms with Crippen LogP contribution < -0.4 is 0 Å². The molecule has 2 nitrogen and oxygen atoms in total. The van der Waals surface area contributed by atoms with Crippen LogP contribution in [-0.2, 0) is 12.7 Å². The molecule has 1 aliphatic carbocycles. The fourth-order valence-corrected chi connectivity index (χ4v) is 4.54. The van der Waals surface area contributed by atoms with E-state index in [9.17, 15) is 18.4 Å². The van der Waals surface area contributed by atoms with Crippen LogP contribution in [0.15, 0.2) is 54.6 Å². The molecular formula is C28H27F3N2. The number of hydrogen-bond acceptors (Lipinski definition) is 2. The lowest BCUT2D eigenvalue weighted by atomic mass is 9.92. The van der Waals surface area contributed by atoms with E-state index in [1.54, 1.807) is 24.3 Å². The molecule has 2 aromatic rings. The Bertz CT molecular complexity index is 1130. The minimum absolute atomic E-state index is 0.107. The lowest BCUT2D eigenvalue weighted by Gasteiger charge is -2.26. The molecule has 33 heavy (non-hydrogen) atoms. The van der Waals surface area contributed by atoms with Crippen molar-refractivity contribution >= 4 is 17.7 Å². The highest BCUT2D eigenvalue weighted by Gasteiger charge is 2.33. The first-order chi connectivity index (χ1) is 16.0. The molecule has 0 aromatic heterocycles. The van der Waals surface area contributed by atoms with Crippen molar-refractivity contribution in [1.29, 1.82) is 5.26 Å². The first-order valence-corrected chi connectivity index (χ1v) is 11.5. The Morgan fingerprint density at radius 3 is 2.45 bits per heavy atom. The zero-order chi connectivity index (χ0) is 23.3. The van der Waals surface area contributed by atoms with Crippen molar-refractivity contribution in [3.63, 3.8) is 0 Å². The summed E-state index contributed by atoms with van der Waals surface area (Å²) in [6.45, 7) is 2.40. The molecule has 0 radical (unpaired) electrons. The molecule has 5 heteroatoms. The number of likely N-dealkylation sites (tertiary alicyclic amines) is 1. The second-order valence-corrected chi connectivity index (χ2v) is 8.61. The van der Waals surface area contributed by atoms with Gasteiger partial charge in [0, 0.05) is 6.54 Å². The fraction of sp³-hybridized carbons (Fsp3) is 0.321. The van der Waals surface area contributed by atoms with Gasteiger partial charge in [-0.3, -0.25) is 4.90 Å². The third-order valence-electron chi connectivity index (χ3n) is 6.23. The van der Waals surface area contributed by atoms with Gasteiger partial charge in [0.15, 0.2) is 0 Å². The highest BCUT2D eigenvalue weighted by atomic mass is 19.4. The number of alkyl halides is 3. The zero-order valence-corrected chi connectivity index (χ0v) is 18.5. The van der Waals surface area contributed by atoms with Crippen molar-refractivity contribution in [1.82, 2.24) is 4.90 Å². The van der Waals surface area contributed by atoms with E-state index >= 15 is 0 Å². The van der Waals surface area contributed by atoms with Gasteiger partial charge >= 0.3 is 6.18 Å². The molecular weight excluding hydrogens is 421 g/mol. The predicted molar refractivity (Wildman–Crippen MR) is 127 cm³/mol. The minimum atomic E-state index is -4.45. The van der Waals surface area contributed by atoms with Crippen molar-refractivity contribution in [2.45, 2.75) is 44.8 Å². The van der Waals surface area contributed by atoms with E-state index in [-0.39, 0.29) is 5.56 Å². The first-order valence-electron chi connectivity index (χ1n) is 11.5. The highest BCUT2D eigenvalue weighted by molar-refractivity contribution is 5.83. The molecule has 170 valence electrons. The van der Waals surface area contributed by atoms with Gasteiger partial charge < -0.3 is 0 Å². The molecule has 0 atom stereocenters. The average molecular weight is 449 g/mol. The van der Waals surface area contributed by atoms with Gasteiger partial charge in [-0.25, -0.2) is 0 Å². The number of nitriles is 1. The van der Waals surface area contributed by atoms with Crippen LogP contribution in [0.1, 0.15) is 65.5 Å². The molecule has 1 heterocycles. The molecule has 0 unspecified atom stereocenters. The molecule has 0 bridgehead atoms. The average Bonchev–Trinajstić information content (AvgIpc) is 2.83. The van der Waals surface area contributed by atoms with Crippen molar-refractivity contribution in [2.75, 3.05) is 13.1 Å². The Hall–Kier alpha value is -3.10. The molecule has 0 spiro atoms. The van der Waals surface area contributed by atoms with Crippen LogP contribution in [0.2, 0.25) is 0 Å². The SMILES string of the molecule is N#Cc1c(/C=C/c2ccc(CN3CCCCC3)cc2C(F)(F)F)cccc1C1=CCCC=C1. The first kappa shape index (κ1) is 23.1. The summed E-state index contributed by atoms with van der Waals surface area (Å²) in [6, 6.07) is 12.3. The summed E-state index contributed by atoms with van der Waals surface area (Å²) in [5.41, 5.74) is 3.02. The summed E-state index contributed by atoms with van der Waals surface area (Å²) in [7, 11) is 0. The largest absolute Gasteiger partial charge is 0.416 e. The van der Waals surface area contributed by atoms with Crippen LogP contribution >= 0.6 is 0 Å². The van der Waals surface area contributed by atoms with Crippen molar-refractivity contribution in [3.05, 3.63) is 88.0 Å². The number of rotatable bonds is 5. The molecule has 0 N–H and O–H groups in total. The number of allylic oxidation sites excluding steroid dienone is 4. The summed E-state index contributed by atoms with van der Waals surface area (Å²) < 4.78 is 41.6. The molecule has 0 amide bonds. The number of nitrogens with zero attached hydrogens (tertiary/aromatic N) is 2. The summed E-state index contributed by atoms with van der Waals surface area (Å²) in [4.78, 5) is 2.22. The van der Waals surface area contributed by atoms with E-state index in [4.69, 9.17) is 0 Å². The van der Waals surface area contributed by atoms with Crippen LogP contribution in [0, 0.1) is 11.3 Å². The van der Waals surface area contributed by atoms with Gasteiger partial charge in [0.05, 0.1) is 11.1 Å². The quantitative estimate of drug-likeness (QED) is 0.444. The number of benzene rings is 2. The lowest BCUT2D eigenvalue weighted by molar-refractivity contribution is -0.137.